The van der Waals surface area contributed by atoms with Crippen LogP contribution in [0.25, 0.3) is 6.08 Å². The number of hydrogen-bond acceptors (Lipinski definition) is 5. The predicted octanol–water partition coefficient (Wildman–Crippen LogP) is 7.20. The lowest BCUT2D eigenvalue weighted by Crippen LogP contribution is -2.05. The first-order valence-electron chi connectivity index (χ1n) is 11.6. The molecule has 3 aromatic carbocycles. The third kappa shape index (κ3) is 5.82. The minimum atomic E-state index is -0.484. The van der Waals surface area contributed by atoms with Crippen molar-refractivity contribution in [1.29, 1.82) is 0 Å². The van der Waals surface area contributed by atoms with Gasteiger partial charge in [0.25, 0.3) is 0 Å². The molecule has 1 aliphatic rings. The van der Waals surface area contributed by atoms with Gasteiger partial charge in [0.15, 0.2) is 17.2 Å². The van der Waals surface area contributed by atoms with Crippen LogP contribution in [-0.4, -0.2) is 18.5 Å². The summed E-state index contributed by atoms with van der Waals surface area (Å²) >= 11 is 3.61. The van der Waals surface area contributed by atoms with E-state index in [1.807, 2.05) is 61.5 Å². The first kappa shape index (κ1) is 24.7. The SMILES string of the molecule is CCOc1cc(/C=C2\N=C(c3ccc(C(C)C)cc3)OC2=O)cc(Br)c1OCc1ccccc1C. The average molecular weight is 534 g/mol. The molecule has 4 rings (SSSR count). The molecule has 1 heterocycles. The standard InChI is InChI=1S/C29H28BrNO4/c1-5-33-26-16-20(14-24(30)27(26)34-17-23-9-7-6-8-19(23)4)15-25-29(32)35-28(31-25)22-12-10-21(11-13-22)18(2)3/h6-16,18H,5,17H2,1-4H3/b25-15-. The molecule has 180 valence electrons. The molecule has 6 heteroatoms. The average Bonchev–Trinajstić information content (AvgIpc) is 3.20. The highest BCUT2D eigenvalue weighted by atomic mass is 79.9. The predicted molar refractivity (Wildman–Crippen MR) is 142 cm³/mol. The molecule has 35 heavy (non-hydrogen) atoms. The van der Waals surface area contributed by atoms with Gasteiger partial charge in [-0.2, -0.15) is 0 Å². The number of rotatable bonds is 8. The van der Waals surface area contributed by atoms with Crippen molar-refractivity contribution in [3.05, 3.63) is 98.7 Å². The second-order valence-corrected chi connectivity index (χ2v) is 9.45. The van der Waals surface area contributed by atoms with Crippen molar-refractivity contribution >= 4 is 33.9 Å². The number of ether oxygens (including phenoxy) is 3. The van der Waals surface area contributed by atoms with Crippen molar-refractivity contribution in [3.8, 4) is 11.5 Å². The molecule has 1 aliphatic heterocycles. The lowest BCUT2D eigenvalue weighted by molar-refractivity contribution is -0.129. The molecule has 0 aromatic heterocycles. The quantitative estimate of drug-likeness (QED) is 0.227. The molecule has 0 unspecified atom stereocenters. The Morgan fingerprint density at radius 1 is 1.06 bits per heavy atom. The Morgan fingerprint density at radius 2 is 1.80 bits per heavy atom. The molecule has 0 spiro atoms. The molecular formula is C29H28BrNO4. The normalized spacial score (nSPS) is 14.3. The Hall–Kier alpha value is -3.38. The van der Waals surface area contributed by atoms with E-state index in [9.17, 15) is 4.79 Å². The van der Waals surface area contributed by atoms with Crippen LogP contribution in [0.3, 0.4) is 0 Å². The Bertz CT molecular complexity index is 1290. The van der Waals surface area contributed by atoms with Crippen LogP contribution in [0.2, 0.25) is 0 Å². The van der Waals surface area contributed by atoms with E-state index >= 15 is 0 Å². The molecule has 0 amide bonds. The molecule has 0 aliphatic carbocycles. The summed E-state index contributed by atoms with van der Waals surface area (Å²) in [4.78, 5) is 17.0. The van der Waals surface area contributed by atoms with Gasteiger partial charge in [-0.25, -0.2) is 9.79 Å². The van der Waals surface area contributed by atoms with Gasteiger partial charge >= 0.3 is 5.97 Å². The number of esters is 1. The van der Waals surface area contributed by atoms with Crippen LogP contribution >= 0.6 is 15.9 Å². The van der Waals surface area contributed by atoms with Crippen LogP contribution in [0.1, 0.15) is 54.5 Å². The third-order valence-electron chi connectivity index (χ3n) is 5.71. The van der Waals surface area contributed by atoms with Crippen molar-refractivity contribution in [2.24, 2.45) is 4.99 Å². The Kier molecular flexibility index (Phi) is 7.71. The van der Waals surface area contributed by atoms with Crippen LogP contribution in [0.4, 0.5) is 0 Å². The summed E-state index contributed by atoms with van der Waals surface area (Å²) < 4.78 is 18.1. The van der Waals surface area contributed by atoms with Crippen LogP contribution in [0, 0.1) is 6.92 Å². The van der Waals surface area contributed by atoms with Gasteiger partial charge in [0.2, 0.25) is 5.90 Å². The zero-order valence-corrected chi connectivity index (χ0v) is 21.9. The number of nitrogens with zero attached hydrogens (tertiary/aromatic N) is 1. The van der Waals surface area contributed by atoms with Gasteiger partial charge in [0, 0.05) is 5.56 Å². The molecule has 0 N–H and O–H groups in total. The van der Waals surface area contributed by atoms with Crippen molar-refractivity contribution in [2.45, 2.75) is 40.2 Å². The number of carbonyl (C=O) groups excluding carboxylic acids is 1. The lowest BCUT2D eigenvalue weighted by atomic mass is 10.0. The summed E-state index contributed by atoms with van der Waals surface area (Å²) in [5.74, 6) is 1.44. The molecule has 0 saturated heterocycles. The largest absolute Gasteiger partial charge is 0.490 e. The summed E-state index contributed by atoms with van der Waals surface area (Å²) in [6.07, 6.45) is 1.69. The zero-order chi connectivity index (χ0) is 24.9. The van der Waals surface area contributed by atoms with E-state index in [4.69, 9.17) is 14.2 Å². The summed E-state index contributed by atoms with van der Waals surface area (Å²) in [6.45, 7) is 9.14. The molecule has 0 atom stereocenters. The van der Waals surface area contributed by atoms with Crippen LogP contribution < -0.4 is 9.47 Å². The van der Waals surface area contributed by atoms with Crippen molar-refractivity contribution in [1.82, 2.24) is 0 Å². The third-order valence-corrected chi connectivity index (χ3v) is 6.30. The van der Waals surface area contributed by atoms with Crippen LogP contribution in [0.5, 0.6) is 11.5 Å². The van der Waals surface area contributed by atoms with Crippen molar-refractivity contribution < 1.29 is 19.0 Å². The van der Waals surface area contributed by atoms with E-state index in [1.54, 1.807) is 6.08 Å². The molecule has 3 aromatic rings. The lowest BCUT2D eigenvalue weighted by Gasteiger charge is -2.15. The number of carbonyl (C=O) groups is 1. The van der Waals surface area contributed by atoms with E-state index < -0.39 is 5.97 Å². The van der Waals surface area contributed by atoms with Gasteiger partial charge in [-0.05, 0) is 88.3 Å². The fourth-order valence-electron chi connectivity index (χ4n) is 3.70. The smallest absolute Gasteiger partial charge is 0.363 e. The maximum absolute atomic E-state index is 12.5. The van der Waals surface area contributed by atoms with E-state index in [0.29, 0.717) is 36.5 Å². The Balaban J connectivity index is 1.60. The molecule has 0 saturated carbocycles. The first-order chi connectivity index (χ1) is 16.9. The number of aryl methyl sites for hydroxylation is 1. The zero-order valence-electron chi connectivity index (χ0n) is 20.3. The number of aliphatic imine (C=N–C) groups is 1. The van der Waals surface area contributed by atoms with Gasteiger partial charge in [-0.15, -0.1) is 0 Å². The summed E-state index contributed by atoms with van der Waals surface area (Å²) in [7, 11) is 0. The molecule has 0 radical (unpaired) electrons. The van der Waals surface area contributed by atoms with Gasteiger partial charge in [-0.1, -0.05) is 50.2 Å². The maximum Gasteiger partial charge on any atom is 0.363 e. The first-order valence-corrected chi connectivity index (χ1v) is 12.4. The Labute approximate surface area is 214 Å². The summed E-state index contributed by atoms with van der Waals surface area (Å²) in [5.41, 5.74) is 5.22. The highest BCUT2D eigenvalue weighted by molar-refractivity contribution is 9.10. The van der Waals surface area contributed by atoms with Gasteiger partial charge in [0.05, 0.1) is 11.1 Å². The highest BCUT2D eigenvalue weighted by Crippen LogP contribution is 2.38. The van der Waals surface area contributed by atoms with Crippen molar-refractivity contribution in [2.75, 3.05) is 6.61 Å². The molecular weight excluding hydrogens is 506 g/mol. The maximum atomic E-state index is 12.5. The number of benzene rings is 3. The van der Waals surface area contributed by atoms with Crippen LogP contribution in [-0.2, 0) is 16.1 Å². The second kappa shape index (κ2) is 10.9. The summed E-state index contributed by atoms with van der Waals surface area (Å²) in [6, 6.07) is 19.7. The van der Waals surface area contributed by atoms with E-state index in [2.05, 4.69) is 47.8 Å². The van der Waals surface area contributed by atoms with Gasteiger partial charge in [0.1, 0.15) is 6.61 Å². The molecule has 0 bridgehead atoms. The number of halogens is 1. The summed E-state index contributed by atoms with van der Waals surface area (Å²) in [5, 5.41) is 0. The van der Waals surface area contributed by atoms with E-state index in [1.165, 1.54) is 5.56 Å². The van der Waals surface area contributed by atoms with E-state index in [-0.39, 0.29) is 5.70 Å². The fraction of sp³-hybridized carbons (Fsp3) is 0.241. The minimum absolute atomic E-state index is 0.232. The molecule has 5 nitrogen and oxygen atoms in total. The van der Waals surface area contributed by atoms with Crippen molar-refractivity contribution in [3.63, 3.8) is 0 Å². The monoisotopic (exact) mass is 533 g/mol. The van der Waals surface area contributed by atoms with Crippen LogP contribution in [0.15, 0.2) is 75.8 Å². The number of cyclic esters (lactones) is 1. The Morgan fingerprint density at radius 3 is 2.49 bits per heavy atom. The van der Waals surface area contributed by atoms with E-state index in [0.717, 1.165) is 26.7 Å². The fourth-order valence-corrected chi connectivity index (χ4v) is 4.27. The molecule has 0 fully saturated rings. The van der Waals surface area contributed by atoms with Gasteiger partial charge < -0.3 is 14.2 Å². The van der Waals surface area contributed by atoms with Gasteiger partial charge in [-0.3, -0.25) is 0 Å². The topological polar surface area (TPSA) is 57.1 Å². The highest BCUT2D eigenvalue weighted by Gasteiger charge is 2.24. The second-order valence-electron chi connectivity index (χ2n) is 8.59. The minimum Gasteiger partial charge on any atom is -0.490 e. The number of hydrogen-bond donors (Lipinski definition) is 0.